The normalized spacial score (nSPS) is 12.9. The average Bonchev–Trinajstić information content (AvgIpc) is 2.87. The molecule has 0 spiro atoms. The van der Waals surface area contributed by atoms with Crippen molar-refractivity contribution < 1.29 is 4.79 Å². The molecule has 0 fully saturated rings. The van der Waals surface area contributed by atoms with Crippen LogP contribution in [-0.2, 0) is 4.79 Å². The van der Waals surface area contributed by atoms with E-state index in [4.69, 9.17) is 0 Å². The molecule has 2 aromatic rings. The van der Waals surface area contributed by atoms with Gasteiger partial charge in [0.2, 0.25) is 0 Å². The lowest BCUT2D eigenvalue weighted by molar-refractivity contribution is -0.128. The number of fused-ring (bicyclic) bond motifs is 1. The molecular weight excluding hydrogens is 272 g/mol. The first-order valence-electron chi connectivity index (χ1n) is 6.32. The SMILES string of the molecule is CC(C)(C)C(=O)C(C#N)CNc1cccc2nsnc12. The van der Waals surface area contributed by atoms with E-state index in [9.17, 15) is 10.1 Å². The van der Waals surface area contributed by atoms with Gasteiger partial charge in [-0.15, -0.1) is 0 Å². The summed E-state index contributed by atoms with van der Waals surface area (Å²) in [5, 5.41) is 12.3. The molecule has 0 saturated heterocycles. The Morgan fingerprint density at radius 1 is 1.45 bits per heavy atom. The number of aromatic nitrogens is 2. The Morgan fingerprint density at radius 2 is 2.20 bits per heavy atom. The standard InChI is InChI=1S/C14H16N4OS/c1-14(2,3)13(19)9(7-15)8-16-10-5-4-6-11-12(10)18-20-17-11/h4-6,9,16H,8H2,1-3H3. The minimum atomic E-state index is -0.670. The number of nitrogens with one attached hydrogen (secondary N) is 1. The number of nitrogens with zero attached hydrogens (tertiary/aromatic N) is 3. The second-order valence-electron chi connectivity index (χ2n) is 5.61. The Kier molecular flexibility index (Phi) is 4.00. The van der Waals surface area contributed by atoms with Gasteiger partial charge in [0.15, 0.2) is 5.78 Å². The lowest BCUT2D eigenvalue weighted by Gasteiger charge is -2.20. The van der Waals surface area contributed by atoms with Crippen molar-refractivity contribution in [2.75, 3.05) is 11.9 Å². The van der Waals surface area contributed by atoms with E-state index in [0.29, 0.717) is 0 Å². The minimum Gasteiger partial charge on any atom is -0.381 e. The number of carbonyl (C=O) groups is 1. The van der Waals surface area contributed by atoms with E-state index < -0.39 is 11.3 Å². The molecule has 1 heterocycles. The number of ketones is 1. The summed E-state index contributed by atoms with van der Waals surface area (Å²) < 4.78 is 8.38. The molecule has 1 aromatic heterocycles. The maximum absolute atomic E-state index is 12.1. The maximum Gasteiger partial charge on any atom is 0.157 e. The van der Waals surface area contributed by atoms with E-state index in [2.05, 4.69) is 20.1 Å². The molecule has 0 aliphatic carbocycles. The zero-order valence-electron chi connectivity index (χ0n) is 11.7. The highest BCUT2D eigenvalue weighted by Gasteiger charge is 2.29. The summed E-state index contributed by atoms with van der Waals surface area (Å²) in [6.07, 6.45) is 0. The molecule has 0 aliphatic rings. The first-order valence-corrected chi connectivity index (χ1v) is 7.05. The molecule has 0 radical (unpaired) electrons. The van der Waals surface area contributed by atoms with E-state index >= 15 is 0 Å². The molecule has 0 bridgehead atoms. The number of hydrogen-bond acceptors (Lipinski definition) is 6. The van der Waals surface area contributed by atoms with Crippen LogP contribution in [0.3, 0.4) is 0 Å². The third-order valence-electron chi connectivity index (χ3n) is 2.99. The Balaban J connectivity index is 2.13. The zero-order valence-corrected chi connectivity index (χ0v) is 12.5. The van der Waals surface area contributed by atoms with Crippen LogP contribution >= 0.6 is 11.7 Å². The molecule has 20 heavy (non-hydrogen) atoms. The predicted octanol–water partition coefficient (Wildman–Crippen LogP) is 2.86. The molecule has 1 unspecified atom stereocenters. The second kappa shape index (κ2) is 5.55. The summed E-state index contributed by atoms with van der Waals surface area (Å²) >= 11 is 1.15. The van der Waals surface area contributed by atoms with E-state index in [1.165, 1.54) is 0 Å². The van der Waals surface area contributed by atoms with Crippen LogP contribution in [0.4, 0.5) is 5.69 Å². The molecule has 2 rings (SSSR count). The molecule has 104 valence electrons. The van der Waals surface area contributed by atoms with Crippen LogP contribution in [0.2, 0.25) is 0 Å². The van der Waals surface area contributed by atoms with Crippen molar-refractivity contribution in [2.24, 2.45) is 11.3 Å². The summed E-state index contributed by atoms with van der Waals surface area (Å²) in [5.74, 6) is -0.729. The number of rotatable bonds is 4. The number of carbonyl (C=O) groups excluding carboxylic acids is 1. The van der Waals surface area contributed by atoms with Gasteiger partial charge >= 0.3 is 0 Å². The quantitative estimate of drug-likeness (QED) is 0.935. The highest BCUT2D eigenvalue weighted by Crippen LogP contribution is 2.23. The summed E-state index contributed by atoms with van der Waals surface area (Å²) in [6, 6.07) is 7.70. The van der Waals surface area contributed by atoms with Crippen LogP contribution in [0.1, 0.15) is 20.8 Å². The average molecular weight is 288 g/mol. The van der Waals surface area contributed by atoms with E-state index in [0.717, 1.165) is 28.4 Å². The van der Waals surface area contributed by atoms with Crippen molar-refractivity contribution >= 4 is 34.2 Å². The van der Waals surface area contributed by atoms with E-state index in [1.54, 1.807) is 0 Å². The van der Waals surface area contributed by atoms with E-state index in [1.807, 2.05) is 39.0 Å². The molecule has 5 nitrogen and oxygen atoms in total. The number of anilines is 1. The van der Waals surface area contributed by atoms with Gasteiger partial charge in [0.1, 0.15) is 17.0 Å². The van der Waals surface area contributed by atoms with Gasteiger partial charge in [-0.2, -0.15) is 14.0 Å². The van der Waals surface area contributed by atoms with Crippen LogP contribution in [0.5, 0.6) is 0 Å². The van der Waals surface area contributed by atoms with Gasteiger partial charge < -0.3 is 5.32 Å². The molecule has 0 saturated carbocycles. The summed E-state index contributed by atoms with van der Waals surface area (Å²) in [6.45, 7) is 5.75. The highest BCUT2D eigenvalue weighted by molar-refractivity contribution is 7.00. The highest BCUT2D eigenvalue weighted by atomic mass is 32.1. The van der Waals surface area contributed by atoms with Gasteiger partial charge in [-0.1, -0.05) is 26.8 Å². The van der Waals surface area contributed by atoms with Crippen LogP contribution in [-0.4, -0.2) is 21.1 Å². The van der Waals surface area contributed by atoms with Gasteiger partial charge in [0.05, 0.1) is 23.5 Å². The molecule has 6 heteroatoms. The fourth-order valence-corrected chi connectivity index (χ4v) is 2.43. The van der Waals surface area contributed by atoms with Crippen molar-refractivity contribution in [1.82, 2.24) is 8.75 Å². The van der Waals surface area contributed by atoms with Gasteiger partial charge in [0.25, 0.3) is 0 Å². The van der Waals surface area contributed by atoms with Crippen LogP contribution in [0.25, 0.3) is 11.0 Å². The van der Waals surface area contributed by atoms with Crippen LogP contribution < -0.4 is 5.32 Å². The zero-order chi connectivity index (χ0) is 14.8. The van der Waals surface area contributed by atoms with Gasteiger partial charge in [-0.25, -0.2) is 0 Å². The number of nitriles is 1. The van der Waals surface area contributed by atoms with Crippen molar-refractivity contribution in [1.29, 1.82) is 5.26 Å². The van der Waals surface area contributed by atoms with Gasteiger partial charge in [-0.3, -0.25) is 4.79 Å². The van der Waals surface area contributed by atoms with Crippen LogP contribution in [0.15, 0.2) is 18.2 Å². The Morgan fingerprint density at radius 3 is 2.85 bits per heavy atom. The maximum atomic E-state index is 12.1. The number of benzene rings is 1. The number of Topliss-reactive ketones (excluding diaryl/α,β-unsaturated/α-hetero) is 1. The smallest absolute Gasteiger partial charge is 0.157 e. The van der Waals surface area contributed by atoms with Crippen molar-refractivity contribution in [3.63, 3.8) is 0 Å². The fraction of sp³-hybridized carbons (Fsp3) is 0.429. The largest absolute Gasteiger partial charge is 0.381 e. The Hall–Kier alpha value is -2.00. The Bertz CT molecular complexity index is 666. The first-order chi connectivity index (χ1) is 9.43. The van der Waals surface area contributed by atoms with Gasteiger partial charge in [0, 0.05) is 12.0 Å². The summed E-state index contributed by atoms with van der Waals surface area (Å²) in [5.41, 5.74) is 1.88. The third kappa shape index (κ3) is 2.94. The monoisotopic (exact) mass is 288 g/mol. The molecule has 0 aliphatic heterocycles. The van der Waals surface area contributed by atoms with Crippen LogP contribution in [0, 0.1) is 22.7 Å². The molecule has 0 amide bonds. The first kappa shape index (κ1) is 14.4. The predicted molar refractivity (Wildman–Crippen MR) is 79.5 cm³/mol. The fourth-order valence-electron chi connectivity index (χ4n) is 1.88. The van der Waals surface area contributed by atoms with Crippen molar-refractivity contribution in [3.8, 4) is 6.07 Å². The van der Waals surface area contributed by atoms with Crippen molar-refractivity contribution in [2.45, 2.75) is 20.8 Å². The molecular formula is C14H16N4OS. The summed E-state index contributed by atoms with van der Waals surface area (Å²) in [7, 11) is 0. The molecule has 1 aromatic carbocycles. The summed E-state index contributed by atoms with van der Waals surface area (Å²) in [4.78, 5) is 12.1. The molecule has 1 atom stereocenters. The Labute approximate surface area is 121 Å². The lowest BCUT2D eigenvalue weighted by Crippen LogP contribution is -2.31. The van der Waals surface area contributed by atoms with Gasteiger partial charge in [-0.05, 0) is 12.1 Å². The third-order valence-corrected chi connectivity index (χ3v) is 3.54. The number of hydrogen-bond donors (Lipinski definition) is 1. The second-order valence-corrected chi connectivity index (χ2v) is 6.14. The topological polar surface area (TPSA) is 78.7 Å². The minimum absolute atomic E-state index is 0.0592. The van der Waals surface area contributed by atoms with E-state index in [-0.39, 0.29) is 12.3 Å². The van der Waals surface area contributed by atoms with Crippen molar-refractivity contribution in [3.05, 3.63) is 18.2 Å². The lowest BCUT2D eigenvalue weighted by atomic mass is 9.83. The molecule has 1 N–H and O–H groups in total.